The third-order valence-corrected chi connectivity index (χ3v) is 4.49. The molecular formula is C16H15FN2O4S. The molecule has 1 aromatic carbocycles. The first-order chi connectivity index (χ1) is 11.5. The molecule has 2 aromatic rings. The van der Waals surface area contributed by atoms with Gasteiger partial charge in [-0.2, -0.15) is 0 Å². The summed E-state index contributed by atoms with van der Waals surface area (Å²) in [5.74, 6) is -1.71. The minimum absolute atomic E-state index is 0.00488. The molecule has 24 heavy (non-hydrogen) atoms. The van der Waals surface area contributed by atoms with Gasteiger partial charge in [0.05, 0.1) is 18.2 Å². The van der Waals surface area contributed by atoms with E-state index in [9.17, 15) is 14.0 Å². The minimum Gasteiger partial charge on any atom is -0.479 e. The maximum atomic E-state index is 13.2. The van der Waals surface area contributed by atoms with Crippen LogP contribution in [0.15, 0.2) is 29.6 Å². The Kier molecular flexibility index (Phi) is 4.86. The predicted octanol–water partition coefficient (Wildman–Crippen LogP) is 1.80. The van der Waals surface area contributed by atoms with Crippen molar-refractivity contribution in [3.05, 3.63) is 51.7 Å². The number of halogens is 1. The number of amides is 1. The number of carboxylic acids is 1. The zero-order valence-corrected chi connectivity index (χ0v) is 13.5. The summed E-state index contributed by atoms with van der Waals surface area (Å²) in [6.07, 6.45) is -0.565. The number of nitrogens with zero attached hydrogens (tertiary/aromatic N) is 2. The summed E-state index contributed by atoms with van der Waals surface area (Å²) < 4.78 is 18.3. The number of ether oxygens (including phenoxy) is 1. The van der Waals surface area contributed by atoms with Crippen LogP contribution in [0.1, 0.15) is 21.1 Å². The topological polar surface area (TPSA) is 79.7 Å². The number of hydrogen-bond donors (Lipinski definition) is 1. The molecule has 8 heteroatoms. The van der Waals surface area contributed by atoms with Gasteiger partial charge in [-0.3, -0.25) is 4.79 Å². The SMILES string of the molecule is O=C(O)C1CN(C(=O)c2csc(Cc3cccc(F)c3)n2)CCO1. The number of hydrogen-bond acceptors (Lipinski definition) is 5. The second-order valence-corrected chi connectivity index (χ2v) is 6.32. The second kappa shape index (κ2) is 7.06. The summed E-state index contributed by atoms with van der Waals surface area (Å²) in [6, 6.07) is 6.23. The fraction of sp³-hybridized carbons (Fsp3) is 0.312. The average Bonchev–Trinajstić information content (AvgIpc) is 3.02. The lowest BCUT2D eigenvalue weighted by Crippen LogP contribution is -2.48. The first kappa shape index (κ1) is 16.5. The number of carboxylic acid groups (broad SMARTS) is 1. The van der Waals surface area contributed by atoms with Gasteiger partial charge in [0.1, 0.15) is 11.5 Å². The highest BCUT2D eigenvalue weighted by molar-refractivity contribution is 7.09. The van der Waals surface area contributed by atoms with Gasteiger partial charge in [0.2, 0.25) is 0 Å². The molecule has 1 saturated heterocycles. The summed E-state index contributed by atoms with van der Waals surface area (Å²) in [4.78, 5) is 29.2. The lowest BCUT2D eigenvalue weighted by atomic mass is 10.1. The van der Waals surface area contributed by atoms with Crippen LogP contribution in [0.2, 0.25) is 0 Å². The molecular weight excluding hydrogens is 335 g/mol. The number of aliphatic carboxylic acids is 1. The third-order valence-electron chi connectivity index (χ3n) is 3.64. The maximum absolute atomic E-state index is 13.2. The average molecular weight is 350 g/mol. The predicted molar refractivity (Wildman–Crippen MR) is 84.6 cm³/mol. The van der Waals surface area contributed by atoms with Gasteiger partial charge < -0.3 is 14.7 Å². The third kappa shape index (κ3) is 3.77. The van der Waals surface area contributed by atoms with E-state index in [-0.39, 0.29) is 30.6 Å². The Morgan fingerprint density at radius 1 is 1.46 bits per heavy atom. The second-order valence-electron chi connectivity index (χ2n) is 5.38. The molecule has 6 nitrogen and oxygen atoms in total. The molecule has 1 atom stereocenters. The Hall–Kier alpha value is -2.32. The summed E-state index contributed by atoms with van der Waals surface area (Å²) in [5, 5.41) is 11.3. The van der Waals surface area contributed by atoms with E-state index in [1.807, 2.05) is 0 Å². The van der Waals surface area contributed by atoms with Crippen molar-refractivity contribution in [3.8, 4) is 0 Å². The van der Waals surface area contributed by atoms with E-state index in [0.717, 1.165) is 5.56 Å². The summed E-state index contributed by atoms with van der Waals surface area (Å²) in [7, 11) is 0. The Balaban J connectivity index is 1.68. The van der Waals surface area contributed by atoms with E-state index in [0.29, 0.717) is 18.0 Å². The number of morpholine rings is 1. The van der Waals surface area contributed by atoms with Crippen molar-refractivity contribution in [2.45, 2.75) is 12.5 Å². The molecule has 3 rings (SSSR count). The van der Waals surface area contributed by atoms with Gasteiger partial charge in [-0.25, -0.2) is 14.2 Å². The fourth-order valence-corrected chi connectivity index (χ4v) is 3.26. The molecule has 1 aliphatic rings. The van der Waals surface area contributed by atoms with Crippen molar-refractivity contribution >= 4 is 23.2 Å². The summed E-state index contributed by atoms with van der Waals surface area (Å²) in [6.45, 7) is 0.521. The molecule has 1 N–H and O–H groups in total. The van der Waals surface area contributed by atoms with Crippen LogP contribution >= 0.6 is 11.3 Å². The van der Waals surface area contributed by atoms with Crippen molar-refractivity contribution in [1.29, 1.82) is 0 Å². The Morgan fingerprint density at radius 2 is 2.29 bits per heavy atom. The zero-order chi connectivity index (χ0) is 17.1. The largest absolute Gasteiger partial charge is 0.479 e. The van der Waals surface area contributed by atoms with Crippen molar-refractivity contribution in [3.63, 3.8) is 0 Å². The zero-order valence-electron chi connectivity index (χ0n) is 12.6. The molecule has 0 radical (unpaired) electrons. The van der Waals surface area contributed by atoms with Gasteiger partial charge in [-0.15, -0.1) is 11.3 Å². The normalized spacial score (nSPS) is 17.7. The van der Waals surface area contributed by atoms with E-state index >= 15 is 0 Å². The number of carbonyl (C=O) groups excluding carboxylic acids is 1. The summed E-state index contributed by atoms with van der Waals surface area (Å²) >= 11 is 1.32. The van der Waals surface area contributed by atoms with Crippen LogP contribution in [0.25, 0.3) is 0 Å². The van der Waals surface area contributed by atoms with E-state index in [1.165, 1.54) is 28.4 Å². The molecule has 1 aromatic heterocycles. The quantitative estimate of drug-likeness (QED) is 0.909. The van der Waals surface area contributed by atoms with Crippen molar-refractivity contribution in [2.75, 3.05) is 19.7 Å². The number of thiazole rings is 1. The Morgan fingerprint density at radius 3 is 3.04 bits per heavy atom. The van der Waals surface area contributed by atoms with Crippen molar-refractivity contribution in [1.82, 2.24) is 9.88 Å². The molecule has 1 fully saturated rings. The molecule has 1 aliphatic heterocycles. The highest BCUT2D eigenvalue weighted by Crippen LogP contribution is 2.18. The van der Waals surface area contributed by atoms with Crippen LogP contribution in [0.5, 0.6) is 0 Å². The molecule has 0 spiro atoms. The first-order valence-corrected chi connectivity index (χ1v) is 8.23. The Labute approximate surface area is 141 Å². The van der Waals surface area contributed by atoms with E-state index in [2.05, 4.69) is 4.98 Å². The number of rotatable bonds is 4. The Bertz CT molecular complexity index is 764. The van der Waals surface area contributed by atoms with Gasteiger partial charge in [0.25, 0.3) is 5.91 Å². The molecule has 2 heterocycles. The van der Waals surface area contributed by atoms with Gasteiger partial charge in [0.15, 0.2) is 6.10 Å². The van der Waals surface area contributed by atoms with Gasteiger partial charge in [-0.05, 0) is 17.7 Å². The molecule has 126 valence electrons. The molecule has 1 amide bonds. The van der Waals surface area contributed by atoms with E-state index in [1.54, 1.807) is 17.5 Å². The van der Waals surface area contributed by atoms with Crippen molar-refractivity contribution in [2.24, 2.45) is 0 Å². The number of carbonyl (C=O) groups is 2. The van der Waals surface area contributed by atoms with Gasteiger partial charge in [0, 0.05) is 18.3 Å². The van der Waals surface area contributed by atoms with Crippen LogP contribution in [0.3, 0.4) is 0 Å². The number of benzene rings is 1. The monoisotopic (exact) mass is 350 g/mol. The van der Waals surface area contributed by atoms with Gasteiger partial charge in [-0.1, -0.05) is 12.1 Å². The number of aromatic nitrogens is 1. The summed E-state index contributed by atoms with van der Waals surface area (Å²) in [5.41, 5.74) is 1.05. The van der Waals surface area contributed by atoms with Crippen LogP contribution in [-0.4, -0.2) is 52.7 Å². The lowest BCUT2D eigenvalue weighted by Gasteiger charge is -2.30. The standard InChI is InChI=1S/C16H15FN2O4S/c17-11-3-1-2-10(6-11)7-14-18-12(9-24-14)15(20)19-4-5-23-13(8-19)16(21)22/h1-3,6,9,13H,4-5,7-8H2,(H,21,22). The lowest BCUT2D eigenvalue weighted by molar-refractivity contribution is -0.154. The van der Waals surface area contributed by atoms with Crippen LogP contribution in [-0.2, 0) is 16.0 Å². The highest BCUT2D eigenvalue weighted by atomic mass is 32.1. The fourth-order valence-electron chi connectivity index (χ4n) is 2.46. The van der Waals surface area contributed by atoms with Crippen LogP contribution in [0.4, 0.5) is 4.39 Å². The first-order valence-electron chi connectivity index (χ1n) is 7.35. The van der Waals surface area contributed by atoms with E-state index in [4.69, 9.17) is 9.84 Å². The molecule has 0 aliphatic carbocycles. The maximum Gasteiger partial charge on any atom is 0.334 e. The highest BCUT2D eigenvalue weighted by Gasteiger charge is 2.30. The smallest absolute Gasteiger partial charge is 0.334 e. The molecule has 0 bridgehead atoms. The van der Waals surface area contributed by atoms with Crippen LogP contribution < -0.4 is 0 Å². The van der Waals surface area contributed by atoms with Crippen LogP contribution in [0, 0.1) is 5.82 Å². The molecule has 1 unspecified atom stereocenters. The van der Waals surface area contributed by atoms with Crippen molar-refractivity contribution < 1.29 is 23.8 Å². The molecule has 0 saturated carbocycles. The van der Waals surface area contributed by atoms with E-state index < -0.39 is 12.1 Å². The van der Waals surface area contributed by atoms with Gasteiger partial charge >= 0.3 is 5.97 Å². The minimum atomic E-state index is -1.09.